The van der Waals surface area contributed by atoms with Crippen LogP contribution in [0.4, 0.5) is 0 Å². The molecule has 0 aromatic rings. The smallest absolute Gasteiger partial charge is 0.103 e. The van der Waals surface area contributed by atoms with Crippen LogP contribution in [-0.2, 0) is 4.74 Å². The quantitative estimate of drug-likeness (QED) is 0.564. The van der Waals surface area contributed by atoms with Crippen LogP contribution in [-0.4, -0.2) is 6.10 Å². The molecule has 1 atom stereocenters. The first-order valence-electron chi connectivity index (χ1n) is 4.37. The summed E-state index contributed by atoms with van der Waals surface area (Å²) in [6.07, 6.45) is 4.60. The summed E-state index contributed by atoms with van der Waals surface area (Å²) in [6, 6.07) is 0. The molecule has 0 fully saturated rings. The first kappa shape index (κ1) is 8.63. The predicted octanol–water partition coefficient (Wildman–Crippen LogP) is 3.12. The molecule has 0 spiro atoms. The van der Waals surface area contributed by atoms with Crippen molar-refractivity contribution in [3.05, 3.63) is 11.8 Å². The highest BCUT2D eigenvalue weighted by Crippen LogP contribution is 2.36. The maximum atomic E-state index is 5.59. The molecule has 64 valence electrons. The van der Waals surface area contributed by atoms with E-state index in [9.17, 15) is 0 Å². The molecule has 0 N–H and O–H groups in total. The number of rotatable bonds is 1. The summed E-state index contributed by atoms with van der Waals surface area (Å²) in [5, 5.41) is 0. The lowest BCUT2D eigenvalue weighted by Gasteiger charge is -2.37. The summed E-state index contributed by atoms with van der Waals surface area (Å²) >= 11 is 0. The Morgan fingerprint density at radius 1 is 1.64 bits per heavy atom. The molecular weight excluding hydrogens is 136 g/mol. The van der Waals surface area contributed by atoms with Crippen molar-refractivity contribution in [1.82, 2.24) is 0 Å². The van der Waals surface area contributed by atoms with E-state index in [0.29, 0.717) is 11.5 Å². The molecule has 0 amide bonds. The SMILES string of the molecule is CCC1OC=C(C)CC1(C)C. The van der Waals surface area contributed by atoms with Crippen LogP contribution in [0.15, 0.2) is 11.8 Å². The summed E-state index contributed by atoms with van der Waals surface area (Å²) in [5.41, 5.74) is 1.69. The van der Waals surface area contributed by atoms with Gasteiger partial charge in [0.2, 0.25) is 0 Å². The van der Waals surface area contributed by atoms with Crippen molar-refractivity contribution >= 4 is 0 Å². The summed E-state index contributed by atoms with van der Waals surface area (Å²) in [5.74, 6) is 0. The van der Waals surface area contributed by atoms with Crippen LogP contribution in [0.5, 0.6) is 0 Å². The predicted molar refractivity (Wildman–Crippen MR) is 47.3 cm³/mol. The van der Waals surface area contributed by atoms with E-state index in [2.05, 4.69) is 27.7 Å². The maximum Gasteiger partial charge on any atom is 0.103 e. The van der Waals surface area contributed by atoms with Crippen LogP contribution >= 0.6 is 0 Å². The number of hydrogen-bond donors (Lipinski definition) is 0. The van der Waals surface area contributed by atoms with Crippen molar-refractivity contribution in [2.75, 3.05) is 0 Å². The minimum Gasteiger partial charge on any atom is -0.498 e. The van der Waals surface area contributed by atoms with Gasteiger partial charge in [0.1, 0.15) is 6.10 Å². The number of hydrogen-bond acceptors (Lipinski definition) is 1. The molecule has 0 saturated carbocycles. The van der Waals surface area contributed by atoms with Crippen molar-refractivity contribution < 1.29 is 4.74 Å². The van der Waals surface area contributed by atoms with Gasteiger partial charge in [0.05, 0.1) is 6.26 Å². The molecule has 1 aliphatic heterocycles. The molecule has 1 heterocycles. The monoisotopic (exact) mass is 154 g/mol. The van der Waals surface area contributed by atoms with Crippen LogP contribution in [0.3, 0.4) is 0 Å². The summed E-state index contributed by atoms with van der Waals surface area (Å²) in [7, 11) is 0. The highest BCUT2D eigenvalue weighted by Gasteiger charge is 2.32. The van der Waals surface area contributed by atoms with Gasteiger partial charge in [0, 0.05) is 5.41 Å². The summed E-state index contributed by atoms with van der Waals surface area (Å²) in [4.78, 5) is 0. The third kappa shape index (κ3) is 1.76. The largest absolute Gasteiger partial charge is 0.498 e. The first-order chi connectivity index (χ1) is 5.06. The van der Waals surface area contributed by atoms with E-state index in [1.165, 1.54) is 12.0 Å². The van der Waals surface area contributed by atoms with Crippen molar-refractivity contribution in [3.8, 4) is 0 Å². The van der Waals surface area contributed by atoms with Gasteiger partial charge in [0.15, 0.2) is 0 Å². The molecule has 1 unspecified atom stereocenters. The average Bonchev–Trinajstić information content (AvgIpc) is 1.85. The summed E-state index contributed by atoms with van der Waals surface area (Å²) in [6.45, 7) is 8.86. The van der Waals surface area contributed by atoms with E-state index in [-0.39, 0.29) is 0 Å². The Labute approximate surface area is 69.4 Å². The third-order valence-electron chi connectivity index (χ3n) is 2.41. The molecule has 0 radical (unpaired) electrons. The minimum atomic E-state index is 0.327. The second kappa shape index (κ2) is 2.88. The van der Waals surface area contributed by atoms with Crippen LogP contribution in [0, 0.1) is 5.41 Å². The zero-order valence-electron chi connectivity index (χ0n) is 7.98. The average molecular weight is 154 g/mol. The standard InChI is InChI=1S/C10H18O/c1-5-9-10(3,4)6-8(2)7-11-9/h7,9H,5-6H2,1-4H3. The lowest BCUT2D eigenvalue weighted by molar-refractivity contribution is 0.0138. The van der Waals surface area contributed by atoms with Crippen molar-refractivity contribution in [2.24, 2.45) is 5.41 Å². The Kier molecular flexibility index (Phi) is 2.26. The zero-order chi connectivity index (χ0) is 8.48. The van der Waals surface area contributed by atoms with Gasteiger partial charge in [-0.05, 0) is 25.3 Å². The van der Waals surface area contributed by atoms with Crippen LogP contribution < -0.4 is 0 Å². The highest BCUT2D eigenvalue weighted by molar-refractivity contribution is 5.04. The second-order valence-corrected chi connectivity index (χ2v) is 4.16. The molecule has 0 aromatic heterocycles. The van der Waals surface area contributed by atoms with E-state index < -0.39 is 0 Å². The second-order valence-electron chi connectivity index (χ2n) is 4.16. The topological polar surface area (TPSA) is 9.23 Å². The Morgan fingerprint density at radius 2 is 2.27 bits per heavy atom. The van der Waals surface area contributed by atoms with E-state index in [0.717, 1.165) is 6.42 Å². The molecule has 1 heteroatoms. The Balaban J connectivity index is 2.71. The molecular formula is C10H18O. The first-order valence-corrected chi connectivity index (χ1v) is 4.37. The van der Waals surface area contributed by atoms with Crippen LogP contribution in [0.25, 0.3) is 0 Å². The Bertz CT molecular complexity index is 168. The fraction of sp³-hybridized carbons (Fsp3) is 0.800. The van der Waals surface area contributed by atoms with Crippen LogP contribution in [0.1, 0.15) is 40.5 Å². The molecule has 1 nitrogen and oxygen atoms in total. The minimum absolute atomic E-state index is 0.327. The van der Waals surface area contributed by atoms with Crippen molar-refractivity contribution in [1.29, 1.82) is 0 Å². The van der Waals surface area contributed by atoms with Gasteiger partial charge in [-0.1, -0.05) is 20.8 Å². The van der Waals surface area contributed by atoms with Gasteiger partial charge < -0.3 is 4.74 Å². The molecule has 0 bridgehead atoms. The maximum absolute atomic E-state index is 5.59. The van der Waals surface area contributed by atoms with Gasteiger partial charge >= 0.3 is 0 Å². The molecule has 0 aromatic carbocycles. The van der Waals surface area contributed by atoms with E-state index in [4.69, 9.17) is 4.74 Å². The normalized spacial score (nSPS) is 29.1. The third-order valence-corrected chi connectivity index (χ3v) is 2.41. The lowest BCUT2D eigenvalue weighted by Crippen LogP contribution is -2.33. The molecule has 11 heavy (non-hydrogen) atoms. The van der Waals surface area contributed by atoms with Gasteiger partial charge in [-0.15, -0.1) is 0 Å². The fourth-order valence-corrected chi connectivity index (χ4v) is 1.91. The van der Waals surface area contributed by atoms with Crippen molar-refractivity contribution in [2.45, 2.75) is 46.6 Å². The van der Waals surface area contributed by atoms with Gasteiger partial charge in [0.25, 0.3) is 0 Å². The van der Waals surface area contributed by atoms with E-state index >= 15 is 0 Å². The molecule has 1 rings (SSSR count). The highest BCUT2D eigenvalue weighted by atomic mass is 16.5. The van der Waals surface area contributed by atoms with Gasteiger partial charge in [-0.25, -0.2) is 0 Å². The van der Waals surface area contributed by atoms with Gasteiger partial charge in [-0.2, -0.15) is 0 Å². The number of allylic oxidation sites excluding steroid dienone is 1. The molecule has 0 saturated heterocycles. The molecule has 0 aliphatic carbocycles. The van der Waals surface area contributed by atoms with Crippen LogP contribution in [0.2, 0.25) is 0 Å². The lowest BCUT2D eigenvalue weighted by atomic mass is 9.78. The molecule has 1 aliphatic rings. The fourth-order valence-electron chi connectivity index (χ4n) is 1.91. The Hall–Kier alpha value is -0.460. The summed E-state index contributed by atoms with van der Waals surface area (Å²) < 4.78 is 5.59. The number of ether oxygens (including phenoxy) is 1. The van der Waals surface area contributed by atoms with Crippen molar-refractivity contribution in [3.63, 3.8) is 0 Å². The van der Waals surface area contributed by atoms with Gasteiger partial charge in [-0.3, -0.25) is 0 Å². The van der Waals surface area contributed by atoms with E-state index in [1.54, 1.807) is 0 Å². The van der Waals surface area contributed by atoms with E-state index in [1.807, 2.05) is 6.26 Å². The zero-order valence-corrected chi connectivity index (χ0v) is 7.98. The Morgan fingerprint density at radius 3 is 2.73 bits per heavy atom.